The lowest BCUT2D eigenvalue weighted by molar-refractivity contribution is 0.0695. The van der Waals surface area contributed by atoms with E-state index >= 15 is 0 Å². The molecular formula is C16H19NO3. The van der Waals surface area contributed by atoms with Crippen molar-refractivity contribution < 1.29 is 14.6 Å². The first-order valence-electron chi connectivity index (χ1n) is 6.53. The molecule has 0 aliphatic heterocycles. The summed E-state index contributed by atoms with van der Waals surface area (Å²) in [4.78, 5) is 11.4. The third-order valence-electron chi connectivity index (χ3n) is 3.42. The van der Waals surface area contributed by atoms with Gasteiger partial charge in [0.2, 0.25) is 0 Å². The number of hydrogen-bond donors (Lipinski definition) is 1. The van der Waals surface area contributed by atoms with Crippen LogP contribution in [0.3, 0.4) is 0 Å². The third-order valence-corrected chi connectivity index (χ3v) is 3.42. The maximum atomic E-state index is 11.4. The van der Waals surface area contributed by atoms with E-state index in [0.29, 0.717) is 5.56 Å². The van der Waals surface area contributed by atoms with Crippen LogP contribution in [0.15, 0.2) is 30.3 Å². The molecule has 0 amide bonds. The van der Waals surface area contributed by atoms with E-state index in [1.54, 1.807) is 13.2 Å². The first-order valence-corrected chi connectivity index (χ1v) is 6.53. The molecule has 0 fully saturated rings. The van der Waals surface area contributed by atoms with Crippen LogP contribution in [0.25, 0.3) is 11.3 Å². The molecule has 0 spiro atoms. The summed E-state index contributed by atoms with van der Waals surface area (Å²) >= 11 is 0. The molecule has 2 rings (SSSR count). The summed E-state index contributed by atoms with van der Waals surface area (Å²) in [5.41, 5.74) is 3.02. The van der Waals surface area contributed by atoms with Crippen LogP contribution < -0.4 is 4.74 Å². The summed E-state index contributed by atoms with van der Waals surface area (Å²) in [5, 5.41) is 9.36. The van der Waals surface area contributed by atoms with E-state index in [2.05, 4.69) is 0 Å². The van der Waals surface area contributed by atoms with Gasteiger partial charge >= 0.3 is 5.97 Å². The number of nitrogens with zero attached hydrogens (tertiary/aromatic N) is 1. The van der Waals surface area contributed by atoms with Crippen molar-refractivity contribution in [1.29, 1.82) is 0 Å². The van der Waals surface area contributed by atoms with Crippen LogP contribution in [0.1, 0.15) is 35.8 Å². The van der Waals surface area contributed by atoms with Crippen molar-refractivity contribution in [3.05, 3.63) is 41.6 Å². The molecule has 0 atom stereocenters. The molecule has 1 aromatic carbocycles. The maximum absolute atomic E-state index is 11.4. The Morgan fingerprint density at radius 1 is 1.30 bits per heavy atom. The number of aromatic carboxylic acids is 1. The van der Waals surface area contributed by atoms with Gasteiger partial charge in [-0.05, 0) is 24.1 Å². The number of carbonyl (C=O) groups is 1. The number of benzene rings is 1. The molecule has 0 aliphatic carbocycles. The molecule has 106 valence electrons. The van der Waals surface area contributed by atoms with Gasteiger partial charge in [0.25, 0.3) is 0 Å². The van der Waals surface area contributed by atoms with Crippen molar-refractivity contribution >= 4 is 5.97 Å². The van der Waals surface area contributed by atoms with E-state index in [9.17, 15) is 9.90 Å². The largest absolute Gasteiger partial charge is 0.497 e. The molecule has 20 heavy (non-hydrogen) atoms. The molecule has 0 saturated heterocycles. The van der Waals surface area contributed by atoms with Gasteiger partial charge in [0.05, 0.1) is 12.7 Å². The molecule has 0 radical (unpaired) electrons. The van der Waals surface area contributed by atoms with E-state index in [4.69, 9.17) is 4.74 Å². The second-order valence-corrected chi connectivity index (χ2v) is 5.08. The minimum absolute atomic E-state index is 0.144. The normalized spacial score (nSPS) is 10.8. The van der Waals surface area contributed by atoms with Crippen molar-refractivity contribution in [2.75, 3.05) is 7.11 Å². The zero-order chi connectivity index (χ0) is 14.9. The quantitative estimate of drug-likeness (QED) is 0.927. The first kappa shape index (κ1) is 14.2. The predicted octanol–water partition coefficient (Wildman–Crippen LogP) is 3.52. The minimum atomic E-state index is -0.890. The van der Waals surface area contributed by atoms with Gasteiger partial charge in [-0.3, -0.25) is 0 Å². The molecule has 0 unspecified atom stereocenters. The predicted molar refractivity (Wildman–Crippen MR) is 78.4 cm³/mol. The second-order valence-electron chi connectivity index (χ2n) is 5.08. The summed E-state index contributed by atoms with van der Waals surface area (Å²) < 4.78 is 7.17. The molecule has 0 bridgehead atoms. The van der Waals surface area contributed by atoms with Gasteiger partial charge in [0.15, 0.2) is 0 Å². The highest BCUT2D eigenvalue weighted by atomic mass is 16.5. The van der Waals surface area contributed by atoms with Gasteiger partial charge in [-0.15, -0.1) is 0 Å². The average Bonchev–Trinajstić information content (AvgIpc) is 2.77. The van der Waals surface area contributed by atoms with Crippen LogP contribution in [-0.2, 0) is 7.05 Å². The second kappa shape index (κ2) is 5.41. The van der Waals surface area contributed by atoms with E-state index in [-0.39, 0.29) is 5.92 Å². The molecule has 0 aliphatic rings. The molecule has 0 saturated carbocycles. The Morgan fingerprint density at radius 2 is 2.00 bits per heavy atom. The molecule has 4 heteroatoms. The fourth-order valence-electron chi connectivity index (χ4n) is 2.55. The summed E-state index contributed by atoms with van der Waals surface area (Å²) in [6, 6.07) is 9.36. The van der Waals surface area contributed by atoms with Gasteiger partial charge in [-0.2, -0.15) is 0 Å². The van der Waals surface area contributed by atoms with Crippen LogP contribution in [0, 0.1) is 0 Å². The maximum Gasteiger partial charge on any atom is 0.337 e. The number of aromatic nitrogens is 1. The van der Waals surface area contributed by atoms with Crippen LogP contribution in [0.4, 0.5) is 0 Å². The SMILES string of the molecule is COc1cccc(-c2cc(C(=O)O)c(C(C)C)n2C)c1. The minimum Gasteiger partial charge on any atom is -0.497 e. The molecule has 1 heterocycles. The molecular weight excluding hydrogens is 254 g/mol. The van der Waals surface area contributed by atoms with Crippen LogP contribution in [-0.4, -0.2) is 22.8 Å². The molecule has 1 N–H and O–H groups in total. The van der Waals surface area contributed by atoms with Gasteiger partial charge < -0.3 is 14.4 Å². The zero-order valence-corrected chi connectivity index (χ0v) is 12.2. The Balaban J connectivity index is 2.63. The van der Waals surface area contributed by atoms with E-state index < -0.39 is 5.97 Å². The van der Waals surface area contributed by atoms with Gasteiger partial charge in [-0.25, -0.2) is 4.79 Å². The van der Waals surface area contributed by atoms with Crippen molar-refractivity contribution in [2.24, 2.45) is 7.05 Å². The fourth-order valence-corrected chi connectivity index (χ4v) is 2.55. The highest BCUT2D eigenvalue weighted by molar-refractivity contribution is 5.91. The standard InChI is InChI=1S/C16H19NO3/c1-10(2)15-13(16(18)19)9-14(17(15)3)11-6-5-7-12(8-11)20-4/h5-10H,1-4H3,(H,18,19). The molecule has 1 aromatic heterocycles. The van der Waals surface area contributed by atoms with E-state index in [1.807, 2.05) is 49.7 Å². The van der Waals surface area contributed by atoms with Crippen molar-refractivity contribution in [2.45, 2.75) is 19.8 Å². The highest BCUT2D eigenvalue weighted by Gasteiger charge is 2.20. The van der Waals surface area contributed by atoms with Crippen molar-refractivity contribution in [3.63, 3.8) is 0 Å². The van der Waals surface area contributed by atoms with Gasteiger partial charge in [0, 0.05) is 24.0 Å². The zero-order valence-electron chi connectivity index (χ0n) is 12.2. The van der Waals surface area contributed by atoms with Crippen LogP contribution in [0.5, 0.6) is 5.75 Å². The Bertz CT molecular complexity index is 641. The van der Waals surface area contributed by atoms with E-state index in [1.165, 1.54) is 0 Å². The highest BCUT2D eigenvalue weighted by Crippen LogP contribution is 2.31. The molecule has 2 aromatic rings. The Labute approximate surface area is 118 Å². The number of rotatable bonds is 4. The average molecular weight is 273 g/mol. The number of methoxy groups -OCH3 is 1. The molecule has 4 nitrogen and oxygen atoms in total. The smallest absolute Gasteiger partial charge is 0.337 e. The first-order chi connectivity index (χ1) is 9.45. The lowest BCUT2D eigenvalue weighted by Gasteiger charge is -2.12. The summed E-state index contributed by atoms with van der Waals surface area (Å²) in [5.74, 6) is 0.00979. The Hall–Kier alpha value is -2.23. The summed E-state index contributed by atoms with van der Waals surface area (Å²) in [6.45, 7) is 3.99. The van der Waals surface area contributed by atoms with Crippen LogP contribution in [0.2, 0.25) is 0 Å². The Kier molecular flexibility index (Phi) is 3.84. The number of carboxylic acid groups (broad SMARTS) is 1. The Morgan fingerprint density at radius 3 is 2.50 bits per heavy atom. The summed E-state index contributed by atoms with van der Waals surface area (Å²) in [6.07, 6.45) is 0. The van der Waals surface area contributed by atoms with Gasteiger partial charge in [0.1, 0.15) is 5.75 Å². The lowest BCUT2D eigenvalue weighted by atomic mass is 10.1. The summed E-state index contributed by atoms with van der Waals surface area (Å²) in [7, 11) is 3.52. The third kappa shape index (κ3) is 2.41. The van der Waals surface area contributed by atoms with Crippen molar-refractivity contribution in [1.82, 2.24) is 4.57 Å². The number of ether oxygens (including phenoxy) is 1. The fraction of sp³-hybridized carbons (Fsp3) is 0.312. The van der Waals surface area contributed by atoms with E-state index in [0.717, 1.165) is 22.7 Å². The monoisotopic (exact) mass is 273 g/mol. The number of hydrogen-bond acceptors (Lipinski definition) is 2. The van der Waals surface area contributed by atoms with Gasteiger partial charge in [-0.1, -0.05) is 26.0 Å². The van der Waals surface area contributed by atoms with Crippen molar-refractivity contribution in [3.8, 4) is 17.0 Å². The number of carboxylic acids is 1. The van der Waals surface area contributed by atoms with Crippen LogP contribution >= 0.6 is 0 Å². The lowest BCUT2D eigenvalue weighted by Crippen LogP contribution is -2.06. The topological polar surface area (TPSA) is 51.5 Å².